The predicted molar refractivity (Wildman–Crippen MR) is 69.7 cm³/mol. The molecule has 0 radical (unpaired) electrons. The molecule has 0 saturated carbocycles. The van der Waals surface area contributed by atoms with Crippen LogP contribution in [0, 0.1) is 0 Å². The van der Waals surface area contributed by atoms with Crippen LogP contribution >= 0.6 is 0 Å². The molecule has 0 bridgehead atoms. The summed E-state index contributed by atoms with van der Waals surface area (Å²) in [5, 5.41) is 4.30. The first-order valence-electron chi connectivity index (χ1n) is 5.61. The van der Waals surface area contributed by atoms with Gasteiger partial charge in [-0.25, -0.2) is 4.52 Å². The van der Waals surface area contributed by atoms with E-state index in [1.54, 1.807) is 4.52 Å². The van der Waals surface area contributed by atoms with Gasteiger partial charge in [0.1, 0.15) is 5.69 Å². The maximum Gasteiger partial charge on any atom is 0.257 e. The van der Waals surface area contributed by atoms with Crippen molar-refractivity contribution in [2.24, 2.45) is 0 Å². The van der Waals surface area contributed by atoms with Crippen molar-refractivity contribution in [3.8, 4) is 5.88 Å². The van der Waals surface area contributed by atoms with Crippen LogP contribution in [0.4, 0.5) is 11.4 Å². The Labute approximate surface area is 101 Å². The second-order valence-electron chi connectivity index (χ2n) is 4.49. The highest BCUT2D eigenvalue weighted by molar-refractivity contribution is 5.77. The highest BCUT2D eigenvalue weighted by Gasteiger charge is 2.12. The minimum Gasteiger partial charge on any atom is -0.472 e. The van der Waals surface area contributed by atoms with Gasteiger partial charge in [0.15, 0.2) is 0 Å². The largest absolute Gasteiger partial charge is 0.472 e. The maximum atomic E-state index is 6.03. The van der Waals surface area contributed by atoms with Crippen molar-refractivity contribution in [1.29, 1.82) is 0 Å². The van der Waals surface area contributed by atoms with E-state index in [2.05, 4.69) is 5.10 Å². The summed E-state index contributed by atoms with van der Waals surface area (Å²) in [6.07, 6.45) is 1.95. The molecule has 0 aliphatic heterocycles. The molecule has 0 atom stereocenters. The molecule has 0 fully saturated rings. The molecular weight excluding hydrogens is 216 g/mol. The van der Waals surface area contributed by atoms with E-state index < -0.39 is 0 Å². The summed E-state index contributed by atoms with van der Waals surface area (Å²) in [4.78, 5) is 2.02. The summed E-state index contributed by atoms with van der Waals surface area (Å²) in [7, 11) is 3.98. The van der Waals surface area contributed by atoms with Crippen molar-refractivity contribution in [1.82, 2.24) is 9.61 Å². The number of nitrogens with two attached hydrogens (primary N) is 1. The van der Waals surface area contributed by atoms with E-state index in [9.17, 15) is 0 Å². The number of hydrogen-bond acceptors (Lipinski definition) is 4. The van der Waals surface area contributed by atoms with E-state index in [-0.39, 0.29) is 6.10 Å². The standard InChI is InChI=1S/C12H18N4O/c1-8(2)17-12-11(13)10-7-9(15(3)4)5-6-16(10)14-12/h5-8H,13H2,1-4H3. The third kappa shape index (κ3) is 2.13. The van der Waals surface area contributed by atoms with E-state index in [0.717, 1.165) is 11.2 Å². The molecule has 5 nitrogen and oxygen atoms in total. The molecule has 2 aromatic heterocycles. The molecule has 2 heterocycles. The van der Waals surface area contributed by atoms with Crippen LogP contribution in [0.5, 0.6) is 5.88 Å². The second kappa shape index (κ2) is 4.16. The lowest BCUT2D eigenvalue weighted by atomic mass is 10.3. The van der Waals surface area contributed by atoms with Crippen LogP contribution in [0.25, 0.3) is 5.52 Å². The molecule has 0 spiro atoms. The van der Waals surface area contributed by atoms with Crippen LogP contribution in [0.2, 0.25) is 0 Å². The van der Waals surface area contributed by atoms with Crippen LogP contribution in [0.1, 0.15) is 13.8 Å². The Morgan fingerprint density at radius 2 is 2.12 bits per heavy atom. The summed E-state index contributed by atoms with van der Waals surface area (Å²) >= 11 is 0. The zero-order valence-electron chi connectivity index (χ0n) is 10.6. The van der Waals surface area contributed by atoms with Crippen molar-refractivity contribution < 1.29 is 4.74 Å². The van der Waals surface area contributed by atoms with E-state index >= 15 is 0 Å². The molecule has 0 amide bonds. The predicted octanol–water partition coefficient (Wildman–Crippen LogP) is 1.77. The highest BCUT2D eigenvalue weighted by atomic mass is 16.5. The summed E-state index contributed by atoms with van der Waals surface area (Å²) in [5.41, 5.74) is 8.57. The van der Waals surface area contributed by atoms with Gasteiger partial charge in [0.25, 0.3) is 5.88 Å². The van der Waals surface area contributed by atoms with Gasteiger partial charge in [0, 0.05) is 26.0 Å². The monoisotopic (exact) mass is 234 g/mol. The van der Waals surface area contributed by atoms with Crippen LogP contribution in [0.15, 0.2) is 18.3 Å². The molecule has 0 aliphatic rings. The number of ether oxygens (including phenoxy) is 1. The topological polar surface area (TPSA) is 55.8 Å². The first kappa shape index (κ1) is 11.6. The molecule has 2 aromatic rings. The molecule has 0 aliphatic carbocycles. The molecule has 5 heteroatoms. The van der Waals surface area contributed by atoms with Crippen molar-refractivity contribution >= 4 is 16.9 Å². The number of aromatic nitrogens is 2. The Balaban J connectivity index is 2.50. The van der Waals surface area contributed by atoms with Gasteiger partial charge in [0.05, 0.1) is 11.6 Å². The van der Waals surface area contributed by atoms with Gasteiger partial charge in [-0.2, -0.15) is 0 Å². The number of nitrogens with zero attached hydrogens (tertiary/aromatic N) is 3. The van der Waals surface area contributed by atoms with Crippen molar-refractivity contribution in [2.45, 2.75) is 20.0 Å². The Hall–Kier alpha value is -1.91. The van der Waals surface area contributed by atoms with Crippen LogP contribution in [-0.4, -0.2) is 29.8 Å². The highest BCUT2D eigenvalue weighted by Crippen LogP contribution is 2.28. The van der Waals surface area contributed by atoms with Gasteiger partial charge in [-0.1, -0.05) is 0 Å². The fourth-order valence-electron chi connectivity index (χ4n) is 1.62. The number of fused-ring (bicyclic) bond motifs is 1. The summed E-state index contributed by atoms with van der Waals surface area (Å²) < 4.78 is 7.30. The number of nitrogen functional groups attached to an aromatic ring is 1. The molecule has 2 rings (SSSR count). The lowest BCUT2D eigenvalue weighted by Gasteiger charge is -2.11. The lowest BCUT2D eigenvalue weighted by Crippen LogP contribution is -2.08. The number of rotatable bonds is 3. The molecule has 2 N–H and O–H groups in total. The van der Waals surface area contributed by atoms with Gasteiger partial charge >= 0.3 is 0 Å². The zero-order chi connectivity index (χ0) is 12.6. The zero-order valence-corrected chi connectivity index (χ0v) is 10.6. The molecule has 0 saturated heterocycles. The number of pyridine rings is 1. The Morgan fingerprint density at radius 1 is 1.41 bits per heavy atom. The van der Waals surface area contributed by atoms with Crippen LogP contribution in [0.3, 0.4) is 0 Å². The normalized spacial score (nSPS) is 11.1. The maximum absolute atomic E-state index is 6.03. The quantitative estimate of drug-likeness (QED) is 0.879. The van der Waals surface area contributed by atoms with Crippen LogP contribution < -0.4 is 15.4 Å². The van der Waals surface area contributed by atoms with Gasteiger partial charge in [-0.05, 0) is 26.0 Å². The van der Waals surface area contributed by atoms with E-state index in [4.69, 9.17) is 10.5 Å². The Kier molecular flexibility index (Phi) is 2.83. The van der Waals surface area contributed by atoms with E-state index in [1.807, 2.05) is 51.2 Å². The second-order valence-corrected chi connectivity index (χ2v) is 4.49. The van der Waals surface area contributed by atoms with E-state index in [0.29, 0.717) is 11.6 Å². The van der Waals surface area contributed by atoms with Crippen LogP contribution in [-0.2, 0) is 0 Å². The average molecular weight is 234 g/mol. The van der Waals surface area contributed by atoms with Gasteiger partial charge in [0.2, 0.25) is 0 Å². The first-order chi connectivity index (χ1) is 7.99. The number of hydrogen-bond donors (Lipinski definition) is 1. The minimum absolute atomic E-state index is 0.0653. The van der Waals surface area contributed by atoms with Crippen molar-refractivity contribution in [3.05, 3.63) is 18.3 Å². The molecule has 17 heavy (non-hydrogen) atoms. The van der Waals surface area contributed by atoms with Gasteiger partial charge in [-0.3, -0.25) is 0 Å². The first-order valence-corrected chi connectivity index (χ1v) is 5.61. The fourth-order valence-corrected chi connectivity index (χ4v) is 1.62. The fraction of sp³-hybridized carbons (Fsp3) is 0.417. The lowest BCUT2D eigenvalue weighted by molar-refractivity contribution is 0.233. The average Bonchev–Trinajstić information content (AvgIpc) is 2.55. The summed E-state index contributed by atoms with van der Waals surface area (Å²) in [6, 6.07) is 3.98. The third-order valence-corrected chi connectivity index (χ3v) is 2.49. The molecular formula is C12H18N4O. The molecule has 92 valence electrons. The Morgan fingerprint density at radius 3 is 2.71 bits per heavy atom. The SMILES string of the molecule is CC(C)Oc1nn2ccc(N(C)C)cc2c1N. The summed E-state index contributed by atoms with van der Waals surface area (Å²) in [5.74, 6) is 0.496. The van der Waals surface area contributed by atoms with Gasteiger partial charge in [-0.15, -0.1) is 5.10 Å². The third-order valence-electron chi connectivity index (χ3n) is 2.49. The smallest absolute Gasteiger partial charge is 0.257 e. The summed E-state index contributed by atoms with van der Waals surface area (Å²) in [6.45, 7) is 3.91. The molecule has 0 aromatic carbocycles. The minimum atomic E-state index is 0.0653. The van der Waals surface area contributed by atoms with Crippen molar-refractivity contribution in [2.75, 3.05) is 24.7 Å². The molecule has 0 unspecified atom stereocenters. The van der Waals surface area contributed by atoms with Crippen molar-refractivity contribution in [3.63, 3.8) is 0 Å². The number of anilines is 2. The van der Waals surface area contributed by atoms with Gasteiger partial charge < -0.3 is 15.4 Å². The van der Waals surface area contributed by atoms with E-state index in [1.165, 1.54) is 0 Å². The Bertz CT molecular complexity index is 531.